The fraction of sp³-hybridized carbons (Fsp3) is 0.250. The molecule has 3 nitrogen and oxygen atoms in total. The Kier molecular flexibility index (Phi) is 4.68. The molecule has 0 saturated heterocycles. The average molecular weight is 336 g/mol. The summed E-state index contributed by atoms with van der Waals surface area (Å²) in [7, 11) is 1.63. The lowest BCUT2D eigenvalue weighted by Gasteiger charge is -2.13. The Labute approximate surface area is 127 Å². The molecular weight excluding hydrogens is 318 g/mol. The van der Waals surface area contributed by atoms with Crippen LogP contribution in [0.5, 0.6) is 17.2 Å². The third kappa shape index (κ3) is 3.32. The van der Waals surface area contributed by atoms with E-state index in [4.69, 9.17) is 15.2 Å². The topological polar surface area (TPSA) is 44.5 Å². The van der Waals surface area contributed by atoms with E-state index < -0.39 is 0 Å². The van der Waals surface area contributed by atoms with Crippen LogP contribution in [0.3, 0.4) is 0 Å². The summed E-state index contributed by atoms with van der Waals surface area (Å²) in [5.74, 6) is 2.14. The standard InChI is InChI=1S/C16H18BrNO2/c1-10-4-6-15(16(8-10)19-3)20-14-7-5-12(11(2)18)9-13(14)17/h4-9,11H,18H2,1-3H3. The van der Waals surface area contributed by atoms with Crippen molar-refractivity contribution in [2.45, 2.75) is 19.9 Å². The Morgan fingerprint density at radius 3 is 2.35 bits per heavy atom. The van der Waals surface area contributed by atoms with Crippen molar-refractivity contribution in [3.63, 3.8) is 0 Å². The molecule has 1 unspecified atom stereocenters. The first-order chi connectivity index (χ1) is 9.51. The Balaban J connectivity index is 2.30. The normalized spacial score (nSPS) is 12.1. The minimum Gasteiger partial charge on any atom is -0.493 e. The van der Waals surface area contributed by atoms with E-state index in [0.717, 1.165) is 21.3 Å². The van der Waals surface area contributed by atoms with E-state index in [9.17, 15) is 0 Å². The molecule has 1 atom stereocenters. The molecule has 20 heavy (non-hydrogen) atoms. The van der Waals surface area contributed by atoms with E-state index >= 15 is 0 Å². The van der Waals surface area contributed by atoms with Gasteiger partial charge in [0.05, 0.1) is 11.6 Å². The zero-order valence-electron chi connectivity index (χ0n) is 11.8. The summed E-state index contributed by atoms with van der Waals surface area (Å²) < 4.78 is 12.1. The van der Waals surface area contributed by atoms with Crippen molar-refractivity contribution < 1.29 is 9.47 Å². The van der Waals surface area contributed by atoms with Crippen LogP contribution in [0.2, 0.25) is 0 Å². The molecule has 0 heterocycles. The van der Waals surface area contributed by atoms with E-state index in [1.165, 1.54) is 0 Å². The number of benzene rings is 2. The second-order valence-electron chi connectivity index (χ2n) is 4.73. The largest absolute Gasteiger partial charge is 0.493 e. The Hall–Kier alpha value is -1.52. The lowest BCUT2D eigenvalue weighted by molar-refractivity contribution is 0.378. The minimum atomic E-state index is -0.00531. The van der Waals surface area contributed by atoms with E-state index in [2.05, 4.69) is 15.9 Å². The highest BCUT2D eigenvalue weighted by Crippen LogP contribution is 2.36. The van der Waals surface area contributed by atoms with Crippen molar-refractivity contribution >= 4 is 15.9 Å². The third-order valence-electron chi connectivity index (χ3n) is 3.02. The first-order valence-corrected chi connectivity index (χ1v) is 7.18. The van der Waals surface area contributed by atoms with E-state index in [1.54, 1.807) is 7.11 Å². The molecule has 4 heteroatoms. The maximum absolute atomic E-state index is 5.91. The number of hydrogen-bond acceptors (Lipinski definition) is 3. The van der Waals surface area contributed by atoms with Gasteiger partial charge < -0.3 is 15.2 Å². The first kappa shape index (κ1) is 14.9. The molecule has 0 amide bonds. The van der Waals surface area contributed by atoms with Crippen molar-refractivity contribution in [1.29, 1.82) is 0 Å². The zero-order valence-corrected chi connectivity index (χ0v) is 13.4. The summed E-state index contributed by atoms with van der Waals surface area (Å²) >= 11 is 3.51. The van der Waals surface area contributed by atoms with Crippen molar-refractivity contribution in [2.24, 2.45) is 5.73 Å². The second kappa shape index (κ2) is 6.29. The molecule has 0 aliphatic rings. The van der Waals surface area contributed by atoms with Gasteiger partial charge in [-0.25, -0.2) is 0 Å². The van der Waals surface area contributed by atoms with E-state index in [0.29, 0.717) is 11.5 Å². The van der Waals surface area contributed by atoms with Crippen LogP contribution in [-0.2, 0) is 0 Å². The monoisotopic (exact) mass is 335 g/mol. The Morgan fingerprint density at radius 2 is 1.75 bits per heavy atom. The molecular formula is C16H18BrNO2. The van der Waals surface area contributed by atoms with Gasteiger partial charge in [-0.05, 0) is 65.2 Å². The molecule has 0 aromatic heterocycles. The molecule has 2 rings (SSSR count). The summed E-state index contributed by atoms with van der Waals surface area (Å²) in [6, 6.07) is 11.7. The molecule has 0 spiro atoms. The van der Waals surface area contributed by atoms with Crippen LogP contribution in [0.25, 0.3) is 0 Å². The van der Waals surface area contributed by atoms with Crippen LogP contribution in [0, 0.1) is 6.92 Å². The zero-order chi connectivity index (χ0) is 14.7. The number of halogens is 1. The number of nitrogens with two attached hydrogens (primary N) is 1. The molecule has 106 valence electrons. The van der Waals surface area contributed by atoms with Gasteiger partial charge in [-0.2, -0.15) is 0 Å². The minimum absolute atomic E-state index is 0.00531. The SMILES string of the molecule is COc1cc(C)ccc1Oc1ccc(C(C)N)cc1Br. The van der Waals surface area contributed by atoms with Gasteiger partial charge in [-0.3, -0.25) is 0 Å². The van der Waals surface area contributed by atoms with Crippen molar-refractivity contribution in [2.75, 3.05) is 7.11 Å². The lowest BCUT2D eigenvalue weighted by Crippen LogP contribution is -2.04. The third-order valence-corrected chi connectivity index (χ3v) is 3.64. The number of hydrogen-bond donors (Lipinski definition) is 1. The molecule has 2 aromatic rings. The molecule has 0 aliphatic carbocycles. The molecule has 0 radical (unpaired) electrons. The highest BCUT2D eigenvalue weighted by molar-refractivity contribution is 9.10. The van der Waals surface area contributed by atoms with Crippen LogP contribution in [0.4, 0.5) is 0 Å². The van der Waals surface area contributed by atoms with Gasteiger partial charge in [0.25, 0.3) is 0 Å². The summed E-state index contributed by atoms with van der Waals surface area (Å²) in [6.07, 6.45) is 0. The smallest absolute Gasteiger partial charge is 0.169 e. The summed E-state index contributed by atoms with van der Waals surface area (Å²) in [4.78, 5) is 0. The maximum Gasteiger partial charge on any atom is 0.169 e. The quantitative estimate of drug-likeness (QED) is 0.889. The van der Waals surface area contributed by atoms with Crippen molar-refractivity contribution in [1.82, 2.24) is 0 Å². The van der Waals surface area contributed by atoms with Gasteiger partial charge >= 0.3 is 0 Å². The Bertz CT molecular complexity index is 611. The van der Waals surface area contributed by atoms with Gasteiger partial charge in [0.1, 0.15) is 5.75 Å². The predicted octanol–water partition coefficient (Wildman–Crippen LogP) is 4.58. The highest BCUT2D eigenvalue weighted by Gasteiger charge is 2.10. The molecule has 2 aromatic carbocycles. The van der Waals surface area contributed by atoms with Gasteiger partial charge in [0, 0.05) is 6.04 Å². The fourth-order valence-corrected chi connectivity index (χ4v) is 2.34. The predicted molar refractivity (Wildman–Crippen MR) is 84.5 cm³/mol. The number of aryl methyl sites for hydroxylation is 1. The van der Waals surface area contributed by atoms with Gasteiger partial charge in [-0.15, -0.1) is 0 Å². The van der Waals surface area contributed by atoms with E-state index in [1.807, 2.05) is 50.2 Å². The summed E-state index contributed by atoms with van der Waals surface area (Å²) in [5.41, 5.74) is 8.05. The highest BCUT2D eigenvalue weighted by atomic mass is 79.9. The molecule has 0 bridgehead atoms. The Morgan fingerprint density at radius 1 is 1.05 bits per heavy atom. The fourth-order valence-electron chi connectivity index (χ4n) is 1.86. The van der Waals surface area contributed by atoms with Crippen molar-refractivity contribution in [3.05, 3.63) is 52.0 Å². The molecule has 2 N–H and O–H groups in total. The lowest BCUT2D eigenvalue weighted by atomic mass is 10.1. The summed E-state index contributed by atoms with van der Waals surface area (Å²) in [6.45, 7) is 3.96. The van der Waals surface area contributed by atoms with Gasteiger partial charge in [-0.1, -0.05) is 12.1 Å². The van der Waals surface area contributed by atoms with Crippen LogP contribution in [0.1, 0.15) is 24.1 Å². The van der Waals surface area contributed by atoms with Crippen LogP contribution < -0.4 is 15.2 Å². The number of ether oxygens (including phenoxy) is 2. The van der Waals surface area contributed by atoms with Gasteiger partial charge in [0.15, 0.2) is 11.5 Å². The summed E-state index contributed by atoms with van der Waals surface area (Å²) in [5, 5.41) is 0. The number of methoxy groups -OCH3 is 1. The van der Waals surface area contributed by atoms with Gasteiger partial charge in [0.2, 0.25) is 0 Å². The molecule has 0 fully saturated rings. The number of rotatable bonds is 4. The van der Waals surface area contributed by atoms with Crippen LogP contribution >= 0.6 is 15.9 Å². The van der Waals surface area contributed by atoms with Crippen LogP contribution in [0.15, 0.2) is 40.9 Å². The molecule has 0 aliphatic heterocycles. The van der Waals surface area contributed by atoms with Crippen molar-refractivity contribution in [3.8, 4) is 17.2 Å². The van der Waals surface area contributed by atoms with E-state index in [-0.39, 0.29) is 6.04 Å². The first-order valence-electron chi connectivity index (χ1n) is 6.39. The molecule has 0 saturated carbocycles. The average Bonchev–Trinajstić information content (AvgIpc) is 2.42. The second-order valence-corrected chi connectivity index (χ2v) is 5.59. The van der Waals surface area contributed by atoms with Crippen LogP contribution in [-0.4, -0.2) is 7.11 Å². The maximum atomic E-state index is 5.91.